The normalized spacial score (nSPS) is 40.4. The fourth-order valence-electron chi connectivity index (χ4n) is 10.8. The van der Waals surface area contributed by atoms with E-state index in [9.17, 15) is 9.90 Å². The molecule has 0 bridgehead atoms. The largest absolute Gasteiger partial charge is 0.392 e. The molecule has 2 heteroatoms. The number of fused-ring (bicyclic) bond motifs is 5. The van der Waals surface area contributed by atoms with Crippen LogP contribution in [0.5, 0.6) is 0 Å². The molecule has 0 heterocycles. The van der Waals surface area contributed by atoms with Gasteiger partial charge in [-0.2, -0.15) is 0 Å². The maximum absolute atomic E-state index is 13.4. The zero-order chi connectivity index (χ0) is 27.2. The summed E-state index contributed by atoms with van der Waals surface area (Å²) >= 11 is 0. The van der Waals surface area contributed by atoms with Crippen LogP contribution in [0.3, 0.4) is 0 Å². The molecule has 2 nitrogen and oxygen atoms in total. The molecule has 0 aromatic heterocycles. The van der Waals surface area contributed by atoms with Crippen LogP contribution in [0.4, 0.5) is 0 Å². The van der Waals surface area contributed by atoms with Crippen molar-refractivity contribution in [3.63, 3.8) is 0 Å². The third-order valence-electron chi connectivity index (χ3n) is 12.8. The van der Waals surface area contributed by atoms with Crippen molar-refractivity contribution in [1.29, 1.82) is 0 Å². The third-order valence-corrected chi connectivity index (χ3v) is 12.8. The first-order valence-electron chi connectivity index (χ1n) is 16.3. The summed E-state index contributed by atoms with van der Waals surface area (Å²) < 4.78 is 0. The predicted octanol–water partition coefficient (Wildman–Crippen LogP) is 8.81. The van der Waals surface area contributed by atoms with Crippen molar-refractivity contribution in [3.8, 4) is 0 Å². The van der Waals surface area contributed by atoms with Gasteiger partial charge in [-0.15, -0.1) is 0 Å². The Balaban J connectivity index is 1.30. The van der Waals surface area contributed by atoms with Gasteiger partial charge in [-0.05, 0) is 116 Å². The second-order valence-corrected chi connectivity index (χ2v) is 15.4. The molecule has 0 saturated heterocycles. The number of carbonyl (C=O) groups excluding carboxylic acids is 1. The van der Waals surface area contributed by atoms with Gasteiger partial charge in [-0.1, -0.05) is 83.7 Å². The van der Waals surface area contributed by atoms with E-state index in [1.165, 1.54) is 63.4 Å². The molecular weight excluding hydrogens is 464 g/mol. The third kappa shape index (κ3) is 5.17. The van der Waals surface area contributed by atoms with E-state index >= 15 is 0 Å². The lowest BCUT2D eigenvalue weighted by Gasteiger charge is -2.61. The number of aliphatic hydroxyl groups excluding tert-OH is 1. The number of benzene rings is 1. The van der Waals surface area contributed by atoms with Gasteiger partial charge in [0.1, 0.15) is 5.78 Å². The van der Waals surface area contributed by atoms with Crippen molar-refractivity contribution in [1.82, 2.24) is 0 Å². The summed E-state index contributed by atoms with van der Waals surface area (Å²) in [6.45, 7) is 14.6. The molecule has 0 aliphatic heterocycles. The van der Waals surface area contributed by atoms with E-state index in [1.807, 2.05) is 0 Å². The standard InChI is InChI=1S/C36H56O2/c1-23(2)9-7-11-25(4)30-15-16-31-28-14-13-27-21-34(38)29(33(37)20-26-12-8-10-24(3)19-26)22-36(27,6)32(28)17-18-35(30,31)5/h8,10,12,19,23,25,27-33,37H,7,9,11,13-18,20-22H2,1-6H3/t25-,27?,28+,29?,30-,31+,32+,33?,35-,36+/m1/s1. The number of carbonyl (C=O) groups is 1. The van der Waals surface area contributed by atoms with Crippen LogP contribution in [0.25, 0.3) is 0 Å². The zero-order valence-corrected chi connectivity index (χ0v) is 25.3. The lowest BCUT2D eigenvalue weighted by atomic mass is 9.43. The smallest absolute Gasteiger partial charge is 0.138 e. The van der Waals surface area contributed by atoms with Gasteiger partial charge >= 0.3 is 0 Å². The number of hydrogen-bond donors (Lipinski definition) is 1. The second-order valence-electron chi connectivity index (χ2n) is 15.4. The number of aryl methyl sites for hydroxylation is 1. The van der Waals surface area contributed by atoms with Gasteiger partial charge in [0.15, 0.2) is 0 Å². The minimum atomic E-state index is -0.557. The molecule has 4 aliphatic carbocycles. The quantitative estimate of drug-likeness (QED) is 0.372. The summed E-state index contributed by atoms with van der Waals surface area (Å²) in [4.78, 5) is 13.4. The van der Waals surface area contributed by atoms with E-state index in [1.54, 1.807) is 0 Å². The first kappa shape index (κ1) is 28.4. The summed E-state index contributed by atoms with van der Waals surface area (Å²) in [6.07, 6.45) is 14.0. The van der Waals surface area contributed by atoms with Gasteiger partial charge in [0, 0.05) is 12.3 Å². The van der Waals surface area contributed by atoms with Gasteiger partial charge in [-0.25, -0.2) is 0 Å². The average Bonchev–Trinajstić information content (AvgIpc) is 3.21. The monoisotopic (exact) mass is 520 g/mol. The summed E-state index contributed by atoms with van der Waals surface area (Å²) in [5, 5.41) is 11.4. The van der Waals surface area contributed by atoms with E-state index in [-0.39, 0.29) is 11.3 Å². The van der Waals surface area contributed by atoms with E-state index in [0.717, 1.165) is 47.5 Å². The molecule has 0 spiro atoms. The first-order chi connectivity index (χ1) is 18.0. The van der Waals surface area contributed by atoms with Crippen molar-refractivity contribution < 1.29 is 9.90 Å². The Bertz CT molecular complexity index is 981. The minimum absolute atomic E-state index is 0.193. The molecule has 212 valence electrons. The predicted molar refractivity (Wildman–Crippen MR) is 158 cm³/mol. The molecule has 4 fully saturated rings. The van der Waals surface area contributed by atoms with Crippen LogP contribution >= 0.6 is 0 Å². The van der Waals surface area contributed by atoms with Crippen LogP contribution in [-0.2, 0) is 11.2 Å². The van der Waals surface area contributed by atoms with Crippen LogP contribution in [0.1, 0.15) is 116 Å². The fourth-order valence-corrected chi connectivity index (χ4v) is 10.8. The highest BCUT2D eigenvalue weighted by Crippen LogP contribution is 2.68. The Hall–Kier alpha value is -1.15. The average molecular weight is 521 g/mol. The fraction of sp³-hybridized carbons (Fsp3) is 0.806. The van der Waals surface area contributed by atoms with Crippen molar-refractivity contribution in [2.75, 3.05) is 0 Å². The Kier molecular flexibility index (Phi) is 8.23. The maximum atomic E-state index is 13.4. The molecular formula is C36H56O2. The highest BCUT2D eigenvalue weighted by molar-refractivity contribution is 5.83. The number of rotatable bonds is 8. The van der Waals surface area contributed by atoms with Gasteiger partial charge < -0.3 is 5.11 Å². The van der Waals surface area contributed by atoms with Gasteiger partial charge in [0.25, 0.3) is 0 Å². The van der Waals surface area contributed by atoms with E-state index in [2.05, 4.69) is 65.8 Å². The van der Waals surface area contributed by atoms with Gasteiger partial charge in [0.2, 0.25) is 0 Å². The van der Waals surface area contributed by atoms with E-state index in [4.69, 9.17) is 0 Å². The first-order valence-corrected chi connectivity index (χ1v) is 16.3. The number of Topliss-reactive ketones (excluding diaryl/α,β-unsaturated/α-hetero) is 1. The molecule has 0 radical (unpaired) electrons. The molecule has 1 N–H and O–H groups in total. The second kappa shape index (κ2) is 11.0. The van der Waals surface area contributed by atoms with Crippen molar-refractivity contribution in [3.05, 3.63) is 35.4 Å². The summed E-state index contributed by atoms with van der Waals surface area (Å²) in [5.41, 5.74) is 3.10. The summed E-state index contributed by atoms with van der Waals surface area (Å²) in [6, 6.07) is 8.45. The molecule has 1 aromatic rings. The SMILES string of the molecule is Cc1cccc(CC(O)C2C[C@@]3(C)C(CC[C@H]4[C@@H]5CC[C@H]([C@H](C)CCCC(C)C)[C@@]5(C)CC[C@@H]43)CC2=O)c1. The molecule has 5 rings (SSSR count). The molecule has 38 heavy (non-hydrogen) atoms. The van der Waals surface area contributed by atoms with Crippen LogP contribution < -0.4 is 0 Å². The lowest BCUT2D eigenvalue weighted by Crippen LogP contribution is -2.56. The highest BCUT2D eigenvalue weighted by Gasteiger charge is 2.61. The molecule has 3 unspecified atom stereocenters. The van der Waals surface area contributed by atoms with Gasteiger partial charge in [0.05, 0.1) is 6.10 Å². The Labute approximate surface area is 233 Å². The topological polar surface area (TPSA) is 37.3 Å². The molecule has 4 saturated carbocycles. The van der Waals surface area contributed by atoms with Crippen LogP contribution in [-0.4, -0.2) is 17.0 Å². The number of hydrogen-bond acceptors (Lipinski definition) is 2. The molecule has 10 atom stereocenters. The summed E-state index contributed by atoms with van der Waals surface area (Å²) in [7, 11) is 0. The van der Waals surface area contributed by atoms with Crippen LogP contribution in [0.2, 0.25) is 0 Å². The van der Waals surface area contributed by atoms with E-state index < -0.39 is 6.10 Å². The lowest BCUT2D eigenvalue weighted by molar-refractivity contribution is -0.155. The maximum Gasteiger partial charge on any atom is 0.138 e. The van der Waals surface area contributed by atoms with E-state index in [0.29, 0.717) is 30.0 Å². The Morgan fingerprint density at radius 1 is 0.974 bits per heavy atom. The van der Waals surface area contributed by atoms with Crippen molar-refractivity contribution in [2.24, 2.45) is 58.2 Å². The molecule has 4 aliphatic rings. The Morgan fingerprint density at radius 2 is 1.74 bits per heavy atom. The Morgan fingerprint density at radius 3 is 2.47 bits per heavy atom. The van der Waals surface area contributed by atoms with Crippen LogP contribution in [0, 0.1) is 65.1 Å². The molecule has 1 aromatic carbocycles. The van der Waals surface area contributed by atoms with Crippen LogP contribution in [0.15, 0.2) is 24.3 Å². The summed E-state index contributed by atoms with van der Waals surface area (Å²) in [5.74, 6) is 5.65. The number of aliphatic hydroxyl groups is 1. The number of ketones is 1. The minimum Gasteiger partial charge on any atom is -0.392 e. The van der Waals surface area contributed by atoms with Crippen molar-refractivity contribution in [2.45, 2.75) is 125 Å². The van der Waals surface area contributed by atoms with Gasteiger partial charge in [-0.3, -0.25) is 4.79 Å². The zero-order valence-electron chi connectivity index (χ0n) is 25.3. The highest BCUT2D eigenvalue weighted by atomic mass is 16.3. The van der Waals surface area contributed by atoms with Crippen molar-refractivity contribution >= 4 is 5.78 Å². The molecule has 0 amide bonds.